The van der Waals surface area contributed by atoms with E-state index in [9.17, 15) is 9.59 Å². The van der Waals surface area contributed by atoms with Crippen LogP contribution in [-0.2, 0) is 9.63 Å². The van der Waals surface area contributed by atoms with Gasteiger partial charge in [0.25, 0.3) is 0 Å². The molecule has 6 heteroatoms. The van der Waals surface area contributed by atoms with Crippen LogP contribution in [0.1, 0.15) is 5.56 Å². The molecule has 0 saturated heterocycles. The molecule has 0 atom stereocenters. The number of urea groups is 1. The number of rotatable bonds is 4. The average Bonchev–Trinajstić information content (AvgIpc) is 2.27. The number of carboxylic acid groups (broad SMARTS) is 1. The number of hydroxylamine groups is 1. The summed E-state index contributed by atoms with van der Waals surface area (Å²) in [4.78, 5) is 27.5. The van der Waals surface area contributed by atoms with Gasteiger partial charge in [-0.25, -0.2) is 15.1 Å². The average molecular weight is 238 g/mol. The molecule has 2 N–H and O–H groups in total. The molecule has 2 amide bonds. The third-order valence-corrected chi connectivity index (χ3v) is 2.05. The van der Waals surface area contributed by atoms with E-state index in [-0.39, 0.29) is 0 Å². The number of hydrogen-bond donors (Lipinski definition) is 2. The normalized spacial score (nSPS) is 9.76. The van der Waals surface area contributed by atoms with E-state index in [1.807, 2.05) is 30.6 Å². The maximum atomic E-state index is 11.5. The van der Waals surface area contributed by atoms with E-state index in [0.29, 0.717) is 5.69 Å². The maximum Gasteiger partial charge on any atom is 0.345 e. The highest BCUT2D eigenvalue weighted by atomic mass is 16.7. The van der Waals surface area contributed by atoms with Crippen LogP contribution < -0.4 is 10.4 Å². The van der Waals surface area contributed by atoms with Crippen LogP contribution in [0.25, 0.3) is 0 Å². The van der Waals surface area contributed by atoms with E-state index in [2.05, 4.69) is 4.84 Å². The summed E-state index contributed by atoms with van der Waals surface area (Å²) in [6.07, 6.45) is 0. The molecule has 1 aromatic carbocycles. The van der Waals surface area contributed by atoms with Crippen LogP contribution in [0.2, 0.25) is 0 Å². The zero-order valence-electron chi connectivity index (χ0n) is 9.64. The number of carbonyl (C=O) groups is 2. The quantitative estimate of drug-likeness (QED) is 0.771. The third-order valence-electron chi connectivity index (χ3n) is 2.05. The molecule has 0 saturated carbocycles. The predicted octanol–water partition coefficient (Wildman–Crippen LogP) is 1.16. The maximum absolute atomic E-state index is 11.5. The summed E-state index contributed by atoms with van der Waals surface area (Å²) >= 11 is 0. The van der Waals surface area contributed by atoms with Gasteiger partial charge in [0.1, 0.15) is 0 Å². The number of aryl methyl sites for hydroxylation is 1. The van der Waals surface area contributed by atoms with Gasteiger partial charge in [0.05, 0.1) is 0 Å². The molecule has 0 aliphatic rings. The zero-order valence-corrected chi connectivity index (χ0v) is 9.64. The topological polar surface area (TPSA) is 78.9 Å². The van der Waals surface area contributed by atoms with Crippen molar-refractivity contribution in [2.45, 2.75) is 6.92 Å². The molecule has 92 valence electrons. The lowest BCUT2D eigenvalue weighted by atomic mass is 10.2. The predicted molar refractivity (Wildman–Crippen MR) is 61.7 cm³/mol. The fraction of sp³-hybridized carbons (Fsp3) is 0.273. The van der Waals surface area contributed by atoms with Crippen molar-refractivity contribution in [1.82, 2.24) is 5.48 Å². The van der Waals surface area contributed by atoms with E-state index in [1.165, 1.54) is 4.90 Å². The highest BCUT2D eigenvalue weighted by molar-refractivity contribution is 5.90. The summed E-state index contributed by atoms with van der Waals surface area (Å²) in [7, 11) is 1.56. The molecule has 0 spiro atoms. The number of benzene rings is 1. The van der Waals surface area contributed by atoms with Crippen molar-refractivity contribution in [3.63, 3.8) is 0 Å². The number of nitrogens with zero attached hydrogens (tertiary/aromatic N) is 1. The Balaban J connectivity index is 2.54. The number of hydrogen-bond acceptors (Lipinski definition) is 3. The van der Waals surface area contributed by atoms with Crippen LogP contribution >= 0.6 is 0 Å². The molecule has 1 aromatic rings. The second kappa shape index (κ2) is 5.86. The molecule has 1 rings (SSSR count). The molecule has 0 radical (unpaired) electrons. The smallest absolute Gasteiger partial charge is 0.345 e. The standard InChI is InChI=1S/C11H14N2O4/c1-8-4-3-5-9(6-8)13(2)11(16)12-17-7-10(14)15/h3-6H,7H2,1-2H3,(H,12,16)(H,14,15). The number of aliphatic carboxylic acids is 1. The van der Waals surface area contributed by atoms with E-state index >= 15 is 0 Å². The molecule has 0 bridgehead atoms. The minimum atomic E-state index is -1.15. The van der Waals surface area contributed by atoms with Crippen molar-refractivity contribution in [2.75, 3.05) is 18.6 Å². The third kappa shape index (κ3) is 4.12. The Morgan fingerprint density at radius 1 is 1.47 bits per heavy atom. The Morgan fingerprint density at radius 2 is 2.18 bits per heavy atom. The van der Waals surface area contributed by atoms with Gasteiger partial charge in [-0.05, 0) is 24.6 Å². The Morgan fingerprint density at radius 3 is 2.76 bits per heavy atom. The van der Waals surface area contributed by atoms with Gasteiger partial charge in [0.15, 0.2) is 6.61 Å². The summed E-state index contributed by atoms with van der Waals surface area (Å²) in [5.74, 6) is -1.15. The van der Waals surface area contributed by atoms with E-state index in [4.69, 9.17) is 5.11 Å². The van der Waals surface area contributed by atoms with Crippen molar-refractivity contribution in [2.24, 2.45) is 0 Å². The summed E-state index contributed by atoms with van der Waals surface area (Å²) in [5, 5.41) is 8.33. The van der Waals surface area contributed by atoms with Crippen molar-refractivity contribution in [3.8, 4) is 0 Å². The van der Waals surface area contributed by atoms with E-state index < -0.39 is 18.6 Å². The minimum Gasteiger partial charge on any atom is -0.479 e. The largest absolute Gasteiger partial charge is 0.479 e. The van der Waals surface area contributed by atoms with Crippen molar-refractivity contribution in [1.29, 1.82) is 0 Å². The van der Waals surface area contributed by atoms with Crippen molar-refractivity contribution in [3.05, 3.63) is 29.8 Å². The monoisotopic (exact) mass is 238 g/mol. The van der Waals surface area contributed by atoms with Gasteiger partial charge in [-0.2, -0.15) is 0 Å². The number of carboxylic acids is 1. The van der Waals surface area contributed by atoms with Crippen molar-refractivity contribution < 1.29 is 19.5 Å². The lowest BCUT2D eigenvalue weighted by Crippen LogP contribution is -2.38. The van der Waals surface area contributed by atoms with Crippen molar-refractivity contribution >= 4 is 17.7 Å². The molecule has 0 heterocycles. The van der Waals surface area contributed by atoms with Gasteiger partial charge in [-0.1, -0.05) is 12.1 Å². The van der Waals surface area contributed by atoms with E-state index in [0.717, 1.165) is 5.56 Å². The van der Waals surface area contributed by atoms with E-state index in [1.54, 1.807) is 13.1 Å². The fourth-order valence-corrected chi connectivity index (χ4v) is 1.18. The second-order valence-electron chi connectivity index (χ2n) is 3.49. The van der Waals surface area contributed by atoms with Crippen LogP contribution in [0.5, 0.6) is 0 Å². The molecule has 0 aliphatic heterocycles. The fourth-order valence-electron chi connectivity index (χ4n) is 1.18. The van der Waals surface area contributed by atoms with Gasteiger partial charge in [-0.15, -0.1) is 0 Å². The lowest BCUT2D eigenvalue weighted by Gasteiger charge is -2.17. The Kier molecular flexibility index (Phi) is 4.47. The van der Waals surface area contributed by atoms with Gasteiger partial charge in [0, 0.05) is 12.7 Å². The molecule has 6 nitrogen and oxygen atoms in total. The first-order valence-corrected chi connectivity index (χ1v) is 4.94. The zero-order chi connectivity index (χ0) is 12.8. The highest BCUT2D eigenvalue weighted by Gasteiger charge is 2.11. The lowest BCUT2D eigenvalue weighted by molar-refractivity contribution is -0.143. The number of carbonyl (C=O) groups excluding carboxylic acids is 1. The van der Waals surface area contributed by atoms with Crippen LogP contribution in [0.15, 0.2) is 24.3 Å². The van der Waals surface area contributed by atoms with Gasteiger partial charge < -0.3 is 5.11 Å². The second-order valence-corrected chi connectivity index (χ2v) is 3.49. The van der Waals surface area contributed by atoms with Gasteiger partial charge >= 0.3 is 12.0 Å². The number of anilines is 1. The number of amides is 2. The molecule has 17 heavy (non-hydrogen) atoms. The Hall–Kier alpha value is -2.08. The molecule has 0 unspecified atom stereocenters. The van der Waals surface area contributed by atoms with Crippen LogP contribution in [-0.4, -0.2) is 30.8 Å². The molecule has 0 aliphatic carbocycles. The molecular weight excluding hydrogens is 224 g/mol. The van der Waals surface area contributed by atoms with Gasteiger partial charge in [-0.3, -0.25) is 9.74 Å². The molecule has 0 fully saturated rings. The Labute approximate surface area is 98.8 Å². The van der Waals surface area contributed by atoms with Gasteiger partial charge in [0.2, 0.25) is 0 Å². The number of nitrogens with one attached hydrogen (secondary N) is 1. The molecule has 0 aromatic heterocycles. The van der Waals surface area contributed by atoms with Crippen LogP contribution in [0, 0.1) is 6.92 Å². The minimum absolute atomic E-state index is 0.531. The summed E-state index contributed by atoms with van der Waals surface area (Å²) in [6.45, 7) is 1.34. The summed E-state index contributed by atoms with van der Waals surface area (Å²) < 4.78 is 0. The first kappa shape index (κ1) is 13.0. The molecular formula is C11H14N2O4. The summed E-state index contributed by atoms with van der Waals surface area (Å²) in [6, 6.07) is 6.81. The first-order valence-electron chi connectivity index (χ1n) is 4.94. The SMILES string of the molecule is Cc1cccc(N(C)C(=O)NOCC(=O)O)c1. The van der Waals surface area contributed by atoms with Crippen LogP contribution in [0.4, 0.5) is 10.5 Å². The van der Waals surface area contributed by atoms with Crippen LogP contribution in [0.3, 0.4) is 0 Å². The summed E-state index contributed by atoms with van der Waals surface area (Å²) in [5.41, 5.74) is 3.76. The highest BCUT2D eigenvalue weighted by Crippen LogP contribution is 2.13. The Bertz CT molecular complexity index is 420. The first-order chi connectivity index (χ1) is 8.00.